The Labute approximate surface area is 114 Å². The molecule has 3 heteroatoms. The Kier molecular flexibility index (Phi) is 4.07. The molecule has 0 unspecified atom stereocenters. The van der Waals surface area contributed by atoms with Gasteiger partial charge in [-0.05, 0) is 25.1 Å². The topological polar surface area (TPSA) is 32.7 Å². The third-order valence-corrected chi connectivity index (χ3v) is 3.19. The van der Waals surface area contributed by atoms with Crippen LogP contribution in [0, 0.1) is 0 Å². The summed E-state index contributed by atoms with van der Waals surface area (Å²) in [5, 5.41) is 9.85. The molecule has 0 aliphatic rings. The van der Waals surface area contributed by atoms with Crippen molar-refractivity contribution in [3.05, 3.63) is 54.1 Å². The molecule has 0 heterocycles. The molecule has 1 N–H and O–H groups in total. The Bertz CT molecular complexity index is 552. The van der Waals surface area contributed by atoms with Gasteiger partial charge in [0.2, 0.25) is 0 Å². The fourth-order valence-electron chi connectivity index (χ4n) is 2.10. The van der Waals surface area contributed by atoms with Crippen LogP contribution in [0.2, 0.25) is 0 Å². The van der Waals surface area contributed by atoms with E-state index in [-0.39, 0.29) is 0 Å². The molecule has 2 rings (SSSR count). The molecule has 0 spiro atoms. The zero-order valence-corrected chi connectivity index (χ0v) is 11.5. The second-order valence-corrected chi connectivity index (χ2v) is 4.50. The summed E-state index contributed by atoms with van der Waals surface area (Å²) >= 11 is 0. The van der Waals surface area contributed by atoms with Gasteiger partial charge in [0.25, 0.3) is 0 Å². The third kappa shape index (κ3) is 2.88. The van der Waals surface area contributed by atoms with Crippen molar-refractivity contribution >= 4 is 11.4 Å². The van der Waals surface area contributed by atoms with Gasteiger partial charge in [-0.1, -0.05) is 24.3 Å². The number of benzene rings is 2. The first-order chi connectivity index (χ1) is 9.13. The van der Waals surface area contributed by atoms with Gasteiger partial charge in [0, 0.05) is 30.1 Å². The van der Waals surface area contributed by atoms with Gasteiger partial charge in [0.05, 0.1) is 13.2 Å². The molecular weight excluding hydrogens is 238 g/mol. The highest BCUT2D eigenvalue weighted by atomic mass is 16.5. The summed E-state index contributed by atoms with van der Waals surface area (Å²) in [7, 11) is 3.64. The Morgan fingerprint density at radius 3 is 2.53 bits per heavy atom. The van der Waals surface area contributed by atoms with E-state index in [0.29, 0.717) is 0 Å². The number of ether oxygens (including phenoxy) is 1. The molecule has 100 valence electrons. The number of rotatable bonds is 4. The normalized spacial score (nSPS) is 12.0. The maximum absolute atomic E-state index is 9.85. The van der Waals surface area contributed by atoms with Crippen LogP contribution >= 0.6 is 0 Å². The van der Waals surface area contributed by atoms with E-state index in [1.165, 1.54) is 0 Å². The molecule has 2 aromatic carbocycles. The van der Waals surface area contributed by atoms with Crippen molar-refractivity contribution in [1.29, 1.82) is 0 Å². The lowest BCUT2D eigenvalue weighted by Crippen LogP contribution is -2.12. The van der Waals surface area contributed by atoms with Crippen LogP contribution in [0.1, 0.15) is 18.6 Å². The van der Waals surface area contributed by atoms with Crippen LogP contribution < -0.4 is 9.64 Å². The number of para-hydroxylation sites is 1. The van der Waals surface area contributed by atoms with Crippen molar-refractivity contribution in [3.63, 3.8) is 0 Å². The maximum atomic E-state index is 9.85. The Hall–Kier alpha value is -2.00. The molecule has 0 bridgehead atoms. The van der Waals surface area contributed by atoms with E-state index in [1.54, 1.807) is 14.0 Å². The average Bonchev–Trinajstić information content (AvgIpc) is 2.46. The van der Waals surface area contributed by atoms with Gasteiger partial charge >= 0.3 is 0 Å². The van der Waals surface area contributed by atoms with Crippen molar-refractivity contribution < 1.29 is 9.84 Å². The number of nitrogens with zero attached hydrogens (tertiary/aromatic N) is 1. The van der Waals surface area contributed by atoms with Crippen molar-refractivity contribution in [3.8, 4) is 5.75 Å². The van der Waals surface area contributed by atoms with E-state index in [9.17, 15) is 5.11 Å². The smallest absolute Gasteiger partial charge is 0.120 e. The molecule has 0 aromatic heterocycles. The number of methoxy groups -OCH3 is 1. The SMILES string of the molecule is COc1cccc(N(C)c2ccccc2[C@@H](C)O)c1. The fourth-order valence-corrected chi connectivity index (χ4v) is 2.10. The van der Waals surface area contributed by atoms with Gasteiger partial charge < -0.3 is 14.7 Å². The Balaban J connectivity index is 2.40. The quantitative estimate of drug-likeness (QED) is 0.909. The highest BCUT2D eigenvalue weighted by molar-refractivity contribution is 5.67. The summed E-state index contributed by atoms with van der Waals surface area (Å²) in [6.45, 7) is 1.78. The summed E-state index contributed by atoms with van der Waals surface area (Å²) in [5.74, 6) is 0.818. The molecule has 2 aromatic rings. The average molecular weight is 257 g/mol. The monoisotopic (exact) mass is 257 g/mol. The number of anilines is 2. The summed E-state index contributed by atoms with van der Waals surface area (Å²) in [6, 6.07) is 15.7. The number of aliphatic hydroxyl groups is 1. The van der Waals surface area contributed by atoms with E-state index >= 15 is 0 Å². The molecule has 0 aliphatic heterocycles. The first-order valence-electron chi connectivity index (χ1n) is 6.28. The highest BCUT2D eigenvalue weighted by Gasteiger charge is 2.12. The predicted octanol–water partition coefficient (Wildman–Crippen LogP) is 3.52. The second kappa shape index (κ2) is 5.76. The summed E-state index contributed by atoms with van der Waals surface area (Å²) in [5.41, 5.74) is 2.92. The van der Waals surface area contributed by atoms with Gasteiger partial charge in [0.15, 0.2) is 0 Å². The van der Waals surface area contributed by atoms with Gasteiger partial charge in [-0.15, -0.1) is 0 Å². The fraction of sp³-hybridized carbons (Fsp3) is 0.250. The lowest BCUT2D eigenvalue weighted by molar-refractivity contribution is 0.200. The summed E-state index contributed by atoms with van der Waals surface area (Å²) in [6.07, 6.45) is -0.496. The van der Waals surface area contributed by atoms with Crippen molar-refractivity contribution in [2.45, 2.75) is 13.0 Å². The number of hydrogen-bond donors (Lipinski definition) is 1. The van der Waals surface area contributed by atoms with Gasteiger partial charge in [-0.3, -0.25) is 0 Å². The van der Waals surface area contributed by atoms with Crippen LogP contribution in [0.25, 0.3) is 0 Å². The second-order valence-electron chi connectivity index (χ2n) is 4.50. The lowest BCUT2D eigenvalue weighted by atomic mass is 10.1. The van der Waals surface area contributed by atoms with E-state index in [4.69, 9.17) is 4.74 Å². The van der Waals surface area contributed by atoms with Gasteiger partial charge in [-0.2, -0.15) is 0 Å². The van der Waals surface area contributed by atoms with E-state index in [2.05, 4.69) is 0 Å². The minimum Gasteiger partial charge on any atom is -0.497 e. The zero-order valence-electron chi connectivity index (χ0n) is 11.5. The van der Waals surface area contributed by atoms with Crippen LogP contribution in [0.15, 0.2) is 48.5 Å². The molecule has 0 amide bonds. The summed E-state index contributed by atoms with van der Waals surface area (Å²) < 4.78 is 5.24. The predicted molar refractivity (Wildman–Crippen MR) is 78.1 cm³/mol. The first kappa shape index (κ1) is 13.4. The van der Waals surface area contributed by atoms with Crippen molar-refractivity contribution in [2.75, 3.05) is 19.1 Å². The molecule has 0 radical (unpaired) electrons. The van der Waals surface area contributed by atoms with E-state index in [1.807, 2.05) is 60.5 Å². The number of hydrogen-bond acceptors (Lipinski definition) is 3. The largest absolute Gasteiger partial charge is 0.497 e. The van der Waals surface area contributed by atoms with Gasteiger partial charge in [0.1, 0.15) is 5.75 Å². The molecule has 3 nitrogen and oxygen atoms in total. The maximum Gasteiger partial charge on any atom is 0.120 e. The van der Waals surface area contributed by atoms with Crippen molar-refractivity contribution in [2.24, 2.45) is 0 Å². The minimum absolute atomic E-state index is 0.496. The van der Waals surface area contributed by atoms with Crippen LogP contribution in [-0.2, 0) is 0 Å². The van der Waals surface area contributed by atoms with Crippen LogP contribution in [0.3, 0.4) is 0 Å². The number of aliphatic hydroxyl groups excluding tert-OH is 1. The standard InChI is InChI=1S/C16H19NO2/c1-12(18)15-9-4-5-10-16(15)17(2)13-7-6-8-14(11-13)19-3/h4-12,18H,1-3H3/t12-/m1/s1. The van der Waals surface area contributed by atoms with Crippen molar-refractivity contribution in [1.82, 2.24) is 0 Å². The zero-order chi connectivity index (χ0) is 13.8. The van der Waals surface area contributed by atoms with Crippen LogP contribution in [0.4, 0.5) is 11.4 Å². The molecular formula is C16H19NO2. The van der Waals surface area contributed by atoms with E-state index < -0.39 is 6.10 Å². The lowest BCUT2D eigenvalue weighted by Gasteiger charge is -2.24. The highest BCUT2D eigenvalue weighted by Crippen LogP contribution is 2.31. The first-order valence-corrected chi connectivity index (χ1v) is 6.28. The Morgan fingerprint density at radius 1 is 1.11 bits per heavy atom. The van der Waals surface area contributed by atoms with Gasteiger partial charge in [-0.25, -0.2) is 0 Å². The molecule has 1 atom stereocenters. The minimum atomic E-state index is -0.496. The summed E-state index contributed by atoms with van der Waals surface area (Å²) in [4.78, 5) is 2.05. The van der Waals surface area contributed by atoms with Crippen LogP contribution in [-0.4, -0.2) is 19.3 Å². The molecule has 0 aliphatic carbocycles. The van der Waals surface area contributed by atoms with E-state index in [0.717, 1.165) is 22.7 Å². The van der Waals surface area contributed by atoms with Crippen LogP contribution in [0.5, 0.6) is 5.75 Å². The molecule has 0 saturated heterocycles. The molecule has 0 saturated carbocycles. The Morgan fingerprint density at radius 2 is 1.84 bits per heavy atom. The molecule has 0 fully saturated rings. The third-order valence-electron chi connectivity index (χ3n) is 3.19. The molecule has 19 heavy (non-hydrogen) atoms.